The molecule has 0 saturated heterocycles. The molecule has 0 spiro atoms. The number of benzene rings is 1. The number of thiazole rings is 1. The molecular weight excluding hydrogens is 234 g/mol. The van der Waals surface area contributed by atoms with Gasteiger partial charge in [-0.25, -0.2) is 4.98 Å². The topological polar surface area (TPSA) is 50.2 Å². The number of carbonyl (C=O) groups is 1. The summed E-state index contributed by atoms with van der Waals surface area (Å²) in [6, 6.07) is 6.29. The van der Waals surface area contributed by atoms with Crippen LogP contribution in [-0.2, 0) is 0 Å². The first-order chi connectivity index (χ1) is 8.15. The van der Waals surface area contributed by atoms with Gasteiger partial charge in [-0.05, 0) is 31.2 Å². The zero-order valence-corrected chi connectivity index (χ0v) is 10.1. The van der Waals surface area contributed by atoms with Crippen molar-refractivity contribution in [3.8, 4) is 5.75 Å². The minimum Gasteiger partial charge on any atom is -0.508 e. The standard InChI is InChI=1S/C13H11NO2S/c1-9-8-17-13(14-9)6-5-12(16)10-3-2-4-11(15)7-10/h2-8,15H,1H3/b6-5+. The van der Waals surface area contributed by atoms with Crippen molar-refractivity contribution in [1.29, 1.82) is 0 Å². The number of allylic oxidation sites excluding steroid dienone is 1. The first-order valence-electron chi connectivity index (χ1n) is 5.09. The molecule has 4 heteroatoms. The Kier molecular flexibility index (Phi) is 3.35. The first kappa shape index (κ1) is 11.5. The third kappa shape index (κ3) is 3.01. The number of aryl methyl sites for hydroxylation is 1. The molecule has 3 nitrogen and oxygen atoms in total. The molecule has 17 heavy (non-hydrogen) atoms. The highest BCUT2D eigenvalue weighted by molar-refractivity contribution is 7.10. The lowest BCUT2D eigenvalue weighted by Gasteiger charge is -1.95. The van der Waals surface area contributed by atoms with Crippen LogP contribution in [0.4, 0.5) is 0 Å². The number of aromatic nitrogens is 1. The van der Waals surface area contributed by atoms with Crippen molar-refractivity contribution in [1.82, 2.24) is 4.98 Å². The summed E-state index contributed by atoms with van der Waals surface area (Å²) in [7, 11) is 0. The maximum atomic E-state index is 11.8. The quantitative estimate of drug-likeness (QED) is 0.668. The third-order valence-corrected chi connectivity index (χ3v) is 3.07. The number of carbonyl (C=O) groups excluding carboxylic acids is 1. The van der Waals surface area contributed by atoms with Crippen LogP contribution in [0.2, 0.25) is 0 Å². The molecular formula is C13H11NO2S. The van der Waals surface area contributed by atoms with E-state index in [9.17, 15) is 9.90 Å². The highest BCUT2D eigenvalue weighted by Gasteiger charge is 2.02. The van der Waals surface area contributed by atoms with E-state index in [0.29, 0.717) is 5.56 Å². The Hall–Kier alpha value is -1.94. The van der Waals surface area contributed by atoms with Gasteiger partial charge >= 0.3 is 0 Å². The van der Waals surface area contributed by atoms with Crippen LogP contribution in [0.3, 0.4) is 0 Å². The molecule has 0 fully saturated rings. The molecule has 0 radical (unpaired) electrons. The minimum absolute atomic E-state index is 0.0920. The van der Waals surface area contributed by atoms with Gasteiger partial charge in [0, 0.05) is 16.6 Å². The summed E-state index contributed by atoms with van der Waals surface area (Å²) in [6.45, 7) is 1.91. The molecule has 1 N–H and O–H groups in total. The molecule has 0 unspecified atom stereocenters. The van der Waals surface area contributed by atoms with E-state index < -0.39 is 0 Å². The average Bonchev–Trinajstić information content (AvgIpc) is 2.72. The second-order valence-corrected chi connectivity index (χ2v) is 4.46. The second kappa shape index (κ2) is 4.93. The van der Waals surface area contributed by atoms with Crippen molar-refractivity contribution in [3.05, 3.63) is 52.0 Å². The average molecular weight is 245 g/mol. The molecule has 2 aromatic rings. The summed E-state index contributed by atoms with van der Waals surface area (Å²) in [5.74, 6) is -0.0527. The highest BCUT2D eigenvalue weighted by atomic mass is 32.1. The summed E-state index contributed by atoms with van der Waals surface area (Å²) in [4.78, 5) is 16.0. The van der Waals surface area contributed by atoms with Crippen molar-refractivity contribution in [3.63, 3.8) is 0 Å². The summed E-state index contributed by atoms with van der Waals surface area (Å²) in [5.41, 5.74) is 1.41. The molecule has 0 saturated carbocycles. The van der Waals surface area contributed by atoms with Gasteiger partial charge < -0.3 is 5.11 Å². The van der Waals surface area contributed by atoms with Crippen LogP contribution in [0.5, 0.6) is 5.75 Å². The fraction of sp³-hybridized carbons (Fsp3) is 0.0769. The number of ketones is 1. The Morgan fingerprint density at radius 3 is 2.94 bits per heavy atom. The molecule has 2 rings (SSSR count). The Balaban J connectivity index is 2.14. The van der Waals surface area contributed by atoms with Crippen LogP contribution in [0.15, 0.2) is 35.7 Å². The lowest BCUT2D eigenvalue weighted by molar-refractivity contribution is 0.104. The molecule has 0 aliphatic rings. The number of phenols is 1. The van der Waals surface area contributed by atoms with Crippen molar-refractivity contribution in [2.45, 2.75) is 6.92 Å². The van der Waals surface area contributed by atoms with E-state index in [1.54, 1.807) is 18.2 Å². The summed E-state index contributed by atoms with van der Waals surface area (Å²) < 4.78 is 0. The van der Waals surface area contributed by atoms with Crippen molar-refractivity contribution in [2.75, 3.05) is 0 Å². The number of nitrogens with zero attached hydrogens (tertiary/aromatic N) is 1. The zero-order chi connectivity index (χ0) is 12.3. The Morgan fingerprint density at radius 1 is 1.47 bits per heavy atom. The first-order valence-corrected chi connectivity index (χ1v) is 5.97. The Morgan fingerprint density at radius 2 is 2.29 bits per heavy atom. The van der Waals surface area contributed by atoms with Crippen LogP contribution >= 0.6 is 11.3 Å². The van der Waals surface area contributed by atoms with Crippen LogP contribution < -0.4 is 0 Å². The van der Waals surface area contributed by atoms with Gasteiger partial charge in [0.1, 0.15) is 10.8 Å². The van der Waals surface area contributed by atoms with Gasteiger partial charge in [0.25, 0.3) is 0 Å². The predicted octanol–water partition coefficient (Wildman–Crippen LogP) is 3.05. The van der Waals surface area contributed by atoms with Gasteiger partial charge in [-0.3, -0.25) is 4.79 Å². The molecule has 86 valence electrons. The minimum atomic E-state index is -0.145. The number of aromatic hydroxyl groups is 1. The summed E-state index contributed by atoms with van der Waals surface area (Å²) in [5, 5.41) is 12.0. The number of rotatable bonds is 3. The van der Waals surface area contributed by atoms with Gasteiger partial charge in [-0.15, -0.1) is 11.3 Å². The van der Waals surface area contributed by atoms with Crippen LogP contribution in [0.25, 0.3) is 6.08 Å². The van der Waals surface area contributed by atoms with Gasteiger partial charge in [0.05, 0.1) is 0 Å². The number of hydrogen-bond donors (Lipinski definition) is 1. The molecule has 0 aliphatic carbocycles. The van der Waals surface area contributed by atoms with Gasteiger partial charge in [-0.2, -0.15) is 0 Å². The van der Waals surface area contributed by atoms with E-state index in [0.717, 1.165) is 10.7 Å². The van der Waals surface area contributed by atoms with E-state index in [1.165, 1.54) is 29.5 Å². The lowest BCUT2D eigenvalue weighted by atomic mass is 10.1. The van der Waals surface area contributed by atoms with Gasteiger partial charge in [0.2, 0.25) is 0 Å². The van der Waals surface area contributed by atoms with E-state index in [1.807, 2.05) is 12.3 Å². The molecule has 0 amide bonds. The molecule has 0 aliphatic heterocycles. The molecule has 0 atom stereocenters. The van der Waals surface area contributed by atoms with Gasteiger partial charge in [-0.1, -0.05) is 12.1 Å². The van der Waals surface area contributed by atoms with E-state index in [-0.39, 0.29) is 11.5 Å². The maximum Gasteiger partial charge on any atom is 0.186 e. The van der Waals surface area contributed by atoms with Crippen molar-refractivity contribution >= 4 is 23.2 Å². The summed E-state index contributed by atoms with van der Waals surface area (Å²) >= 11 is 1.49. The van der Waals surface area contributed by atoms with Crippen LogP contribution in [-0.4, -0.2) is 15.9 Å². The zero-order valence-electron chi connectivity index (χ0n) is 9.25. The monoisotopic (exact) mass is 245 g/mol. The molecule has 1 aromatic carbocycles. The smallest absolute Gasteiger partial charge is 0.186 e. The SMILES string of the molecule is Cc1csc(/C=C/C(=O)c2cccc(O)c2)n1. The largest absolute Gasteiger partial charge is 0.508 e. The normalized spacial score (nSPS) is 10.9. The highest BCUT2D eigenvalue weighted by Crippen LogP contribution is 2.14. The molecule has 1 heterocycles. The lowest BCUT2D eigenvalue weighted by Crippen LogP contribution is -1.92. The van der Waals surface area contributed by atoms with E-state index >= 15 is 0 Å². The number of phenolic OH excluding ortho intramolecular Hbond substituents is 1. The predicted molar refractivity (Wildman–Crippen MR) is 68.3 cm³/mol. The Bertz CT molecular complexity index is 572. The fourth-order valence-electron chi connectivity index (χ4n) is 1.35. The molecule has 1 aromatic heterocycles. The third-order valence-electron chi connectivity index (χ3n) is 2.14. The second-order valence-electron chi connectivity index (χ2n) is 3.58. The van der Waals surface area contributed by atoms with E-state index in [4.69, 9.17) is 0 Å². The van der Waals surface area contributed by atoms with Crippen molar-refractivity contribution in [2.24, 2.45) is 0 Å². The number of hydrogen-bond acceptors (Lipinski definition) is 4. The fourth-order valence-corrected chi connectivity index (χ4v) is 2.04. The van der Waals surface area contributed by atoms with Crippen molar-refractivity contribution < 1.29 is 9.90 Å². The van der Waals surface area contributed by atoms with Crippen LogP contribution in [0, 0.1) is 6.92 Å². The Labute approximate surface area is 103 Å². The van der Waals surface area contributed by atoms with Crippen LogP contribution in [0.1, 0.15) is 21.1 Å². The maximum absolute atomic E-state index is 11.8. The van der Waals surface area contributed by atoms with Gasteiger partial charge in [0.15, 0.2) is 5.78 Å². The van der Waals surface area contributed by atoms with E-state index in [2.05, 4.69) is 4.98 Å². The summed E-state index contributed by atoms with van der Waals surface area (Å²) in [6.07, 6.45) is 3.15. The molecule has 0 bridgehead atoms.